The minimum Gasteiger partial charge on any atom is -0.356 e. The van der Waals surface area contributed by atoms with Crippen molar-refractivity contribution >= 4 is 5.82 Å². The summed E-state index contributed by atoms with van der Waals surface area (Å²) in [6, 6.07) is 2.27. The second kappa shape index (κ2) is 3.39. The van der Waals surface area contributed by atoms with Crippen molar-refractivity contribution in [1.29, 1.82) is 0 Å². The number of hydrogen-bond acceptors (Lipinski definition) is 3. The molecular formula is C7H14N4. The molecule has 0 fully saturated rings. The number of aromatic amines is 1. The lowest BCUT2D eigenvalue weighted by Crippen LogP contribution is -2.35. The number of H-pyrrole nitrogens is 1. The van der Waals surface area contributed by atoms with Gasteiger partial charge < -0.3 is 10.6 Å². The lowest BCUT2D eigenvalue weighted by molar-refractivity contribution is 0.686. The number of nitrogens with one attached hydrogen (secondary N) is 1. The maximum Gasteiger partial charge on any atom is 0.123 e. The summed E-state index contributed by atoms with van der Waals surface area (Å²) in [5, 5.41) is 6.72. The summed E-state index contributed by atoms with van der Waals surface area (Å²) in [6.07, 6.45) is 1.73. The Bertz CT molecular complexity index is 194. The van der Waals surface area contributed by atoms with E-state index in [0.717, 1.165) is 5.82 Å². The molecule has 0 aliphatic heterocycles. The van der Waals surface area contributed by atoms with Gasteiger partial charge in [-0.15, -0.1) is 0 Å². The van der Waals surface area contributed by atoms with Crippen molar-refractivity contribution in [1.82, 2.24) is 10.2 Å². The van der Waals surface area contributed by atoms with Crippen LogP contribution in [0.4, 0.5) is 5.82 Å². The summed E-state index contributed by atoms with van der Waals surface area (Å²) >= 11 is 0. The fourth-order valence-corrected chi connectivity index (χ4v) is 0.841. The average Bonchev–Trinajstić information content (AvgIpc) is 2.53. The zero-order chi connectivity index (χ0) is 8.27. The van der Waals surface area contributed by atoms with Crippen LogP contribution in [0.3, 0.4) is 0 Å². The Morgan fingerprint density at radius 1 is 1.82 bits per heavy atom. The first-order chi connectivity index (χ1) is 5.25. The first kappa shape index (κ1) is 8.07. The topological polar surface area (TPSA) is 57.9 Å². The van der Waals surface area contributed by atoms with Crippen LogP contribution < -0.4 is 10.6 Å². The molecule has 0 aromatic carbocycles. The first-order valence-corrected chi connectivity index (χ1v) is 3.68. The molecule has 11 heavy (non-hydrogen) atoms. The molecule has 1 aromatic heterocycles. The summed E-state index contributed by atoms with van der Waals surface area (Å²) in [5.74, 6) is 1.00. The standard InChI is InChI=1S/C7H14N4/c1-6(5-8)11(2)7-3-4-9-10-7/h3-4,6H,5,8H2,1-2H3,(H,9,10). The third kappa shape index (κ3) is 1.71. The van der Waals surface area contributed by atoms with Gasteiger partial charge in [0.15, 0.2) is 0 Å². The van der Waals surface area contributed by atoms with Gasteiger partial charge in [-0.3, -0.25) is 5.10 Å². The second-order valence-electron chi connectivity index (χ2n) is 2.64. The summed E-state index contributed by atoms with van der Waals surface area (Å²) in [5.41, 5.74) is 5.50. The van der Waals surface area contributed by atoms with E-state index in [1.54, 1.807) is 6.20 Å². The Hall–Kier alpha value is -1.03. The molecule has 4 nitrogen and oxygen atoms in total. The lowest BCUT2D eigenvalue weighted by atomic mass is 10.3. The number of hydrogen-bond donors (Lipinski definition) is 2. The molecule has 0 aliphatic carbocycles. The van der Waals surface area contributed by atoms with Crippen LogP contribution in [0.1, 0.15) is 6.92 Å². The molecule has 0 saturated heterocycles. The second-order valence-corrected chi connectivity index (χ2v) is 2.64. The van der Waals surface area contributed by atoms with Crippen molar-refractivity contribution in [3.8, 4) is 0 Å². The smallest absolute Gasteiger partial charge is 0.123 e. The van der Waals surface area contributed by atoms with E-state index in [4.69, 9.17) is 5.73 Å². The largest absolute Gasteiger partial charge is 0.356 e. The van der Waals surface area contributed by atoms with E-state index in [1.165, 1.54) is 0 Å². The summed E-state index contributed by atoms with van der Waals surface area (Å²) in [6.45, 7) is 2.72. The van der Waals surface area contributed by atoms with E-state index in [-0.39, 0.29) is 0 Å². The molecule has 0 saturated carbocycles. The van der Waals surface area contributed by atoms with Gasteiger partial charge in [0, 0.05) is 25.7 Å². The van der Waals surface area contributed by atoms with E-state index in [9.17, 15) is 0 Å². The van der Waals surface area contributed by atoms with Crippen molar-refractivity contribution < 1.29 is 0 Å². The maximum atomic E-state index is 5.50. The highest BCUT2D eigenvalue weighted by atomic mass is 15.3. The van der Waals surface area contributed by atoms with E-state index in [1.807, 2.05) is 13.1 Å². The van der Waals surface area contributed by atoms with Gasteiger partial charge in [-0.05, 0) is 6.92 Å². The molecule has 4 heteroatoms. The van der Waals surface area contributed by atoms with Crippen LogP contribution in [0.15, 0.2) is 12.3 Å². The number of anilines is 1. The number of nitrogens with zero attached hydrogens (tertiary/aromatic N) is 2. The Kier molecular flexibility index (Phi) is 2.48. The zero-order valence-corrected chi connectivity index (χ0v) is 6.91. The molecule has 1 heterocycles. The minimum atomic E-state index is 0.343. The van der Waals surface area contributed by atoms with Gasteiger partial charge in [0.2, 0.25) is 0 Å². The Labute approximate surface area is 66.4 Å². The van der Waals surface area contributed by atoms with Crippen LogP contribution in [0, 0.1) is 0 Å². The maximum absolute atomic E-state index is 5.50. The minimum absolute atomic E-state index is 0.343. The number of nitrogens with two attached hydrogens (primary N) is 1. The van der Waals surface area contributed by atoms with Crippen molar-refractivity contribution in [2.45, 2.75) is 13.0 Å². The van der Waals surface area contributed by atoms with Gasteiger partial charge in [0.25, 0.3) is 0 Å². The van der Waals surface area contributed by atoms with Gasteiger partial charge in [0.1, 0.15) is 5.82 Å². The quantitative estimate of drug-likeness (QED) is 0.653. The van der Waals surface area contributed by atoms with Crippen LogP contribution >= 0.6 is 0 Å². The fraction of sp³-hybridized carbons (Fsp3) is 0.571. The predicted molar refractivity (Wildman–Crippen MR) is 45.5 cm³/mol. The van der Waals surface area contributed by atoms with Gasteiger partial charge in [-0.25, -0.2) is 0 Å². The lowest BCUT2D eigenvalue weighted by Gasteiger charge is -2.23. The summed E-state index contributed by atoms with van der Waals surface area (Å²) in [7, 11) is 1.99. The van der Waals surface area contributed by atoms with Crippen LogP contribution in [-0.2, 0) is 0 Å². The first-order valence-electron chi connectivity index (χ1n) is 3.68. The van der Waals surface area contributed by atoms with E-state index >= 15 is 0 Å². The third-order valence-electron chi connectivity index (χ3n) is 1.87. The molecule has 0 bridgehead atoms. The van der Waals surface area contributed by atoms with Crippen LogP contribution in [0.2, 0.25) is 0 Å². The highest BCUT2D eigenvalue weighted by molar-refractivity contribution is 5.36. The molecule has 3 N–H and O–H groups in total. The number of aromatic nitrogens is 2. The van der Waals surface area contributed by atoms with Gasteiger partial charge in [0.05, 0.1) is 6.20 Å². The Morgan fingerprint density at radius 2 is 2.55 bits per heavy atom. The molecule has 0 radical (unpaired) electrons. The molecular weight excluding hydrogens is 140 g/mol. The van der Waals surface area contributed by atoms with E-state index < -0.39 is 0 Å². The van der Waals surface area contributed by atoms with Crippen LogP contribution in [0.25, 0.3) is 0 Å². The van der Waals surface area contributed by atoms with Gasteiger partial charge in [-0.2, -0.15) is 5.10 Å². The highest BCUT2D eigenvalue weighted by Gasteiger charge is 2.07. The van der Waals surface area contributed by atoms with Crippen LogP contribution in [-0.4, -0.2) is 29.8 Å². The van der Waals surface area contributed by atoms with E-state index in [0.29, 0.717) is 12.6 Å². The monoisotopic (exact) mass is 154 g/mol. The van der Waals surface area contributed by atoms with Gasteiger partial charge >= 0.3 is 0 Å². The molecule has 0 aliphatic rings. The van der Waals surface area contributed by atoms with Gasteiger partial charge in [-0.1, -0.05) is 0 Å². The van der Waals surface area contributed by atoms with Crippen molar-refractivity contribution in [3.63, 3.8) is 0 Å². The molecule has 1 rings (SSSR count). The SMILES string of the molecule is CC(CN)N(C)c1ccn[nH]1. The van der Waals surface area contributed by atoms with Crippen molar-refractivity contribution in [3.05, 3.63) is 12.3 Å². The third-order valence-corrected chi connectivity index (χ3v) is 1.87. The molecule has 0 amide bonds. The number of likely N-dealkylation sites (N-methyl/N-ethyl adjacent to an activating group) is 1. The van der Waals surface area contributed by atoms with Crippen molar-refractivity contribution in [2.24, 2.45) is 5.73 Å². The molecule has 0 spiro atoms. The average molecular weight is 154 g/mol. The Morgan fingerprint density at radius 3 is 3.00 bits per heavy atom. The molecule has 62 valence electrons. The van der Waals surface area contributed by atoms with Crippen molar-refractivity contribution in [2.75, 3.05) is 18.5 Å². The molecule has 1 unspecified atom stereocenters. The highest BCUT2D eigenvalue weighted by Crippen LogP contribution is 2.08. The van der Waals surface area contributed by atoms with Crippen LogP contribution in [0.5, 0.6) is 0 Å². The summed E-state index contributed by atoms with van der Waals surface area (Å²) < 4.78 is 0. The van der Waals surface area contributed by atoms with E-state index in [2.05, 4.69) is 22.0 Å². The summed E-state index contributed by atoms with van der Waals surface area (Å²) in [4.78, 5) is 2.06. The zero-order valence-electron chi connectivity index (χ0n) is 6.91. The fourth-order valence-electron chi connectivity index (χ4n) is 0.841. The number of rotatable bonds is 3. The molecule has 1 aromatic rings. The predicted octanol–water partition coefficient (Wildman–Crippen LogP) is 0.193. The molecule has 1 atom stereocenters. The normalized spacial score (nSPS) is 13.0. The Balaban J connectivity index is 2.62.